The summed E-state index contributed by atoms with van der Waals surface area (Å²) < 4.78 is 21.0. The molecule has 1 atom stereocenters. The van der Waals surface area contributed by atoms with Crippen molar-refractivity contribution in [3.8, 4) is 29.6 Å². The maximum absolute atomic E-state index is 14.7. The second-order valence-corrected chi connectivity index (χ2v) is 11.1. The molecule has 2 aliphatic rings. The van der Waals surface area contributed by atoms with Crippen LogP contribution >= 0.6 is 0 Å². The first-order valence-electron chi connectivity index (χ1n) is 13.7. The average molecular weight is 509 g/mol. The number of rotatable bonds is 6. The summed E-state index contributed by atoms with van der Waals surface area (Å²) in [5, 5.41) is 2.48. The van der Waals surface area contributed by atoms with E-state index >= 15 is 0 Å². The zero-order valence-electron chi connectivity index (χ0n) is 22.4. The lowest BCUT2D eigenvalue weighted by Crippen LogP contribution is -2.35. The first-order chi connectivity index (χ1) is 18.4. The van der Waals surface area contributed by atoms with Gasteiger partial charge in [-0.15, -0.1) is 6.42 Å². The monoisotopic (exact) mass is 508 g/mol. The summed E-state index contributed by atoms with van der Waals surface area (Å²) in [5.41, 5.74) is 3.76. The molecule has 0 radical (unpaired) electrons. The van der Waals surface area contributed by atoms with Gasteiger partial charge in [-0.3, -0.25) is 4.98 Å². The zero-order chi connectivity index (χ0) is 26.4. The highest BCUT2D eigenvalue weighted by Crippen LogP contribution is 2.48. The fraction of sp³-hybridized carbons (Fsp3) is 0.406. The molecule has 194 valence electrons. The van der Waals surface area contributed by atoms with Crippen LogP contribution in [-0.4, -0.2) is 34.6 Å². The maximum atomic E-state index is 14.7. The van der Waals surface area contributed by atoms with Gasteiger partial charge in [-0.2, -0.15) is 9.97 Å². The van der Waals surface area contributed by atoms with E-state index in [9.17, 15) is 4.39 Å². The van der Waals surface area contributed by atoms with E-state index in [1.165, 1.54) is 25.3 Å². The Morgan fingerprint density at radius 2 is 2.05 bits per heavy atom. The first kappa shape index (κ1) is 24.6. The van der Waals surface area contributed by atoms with Gasteiger partial charge in [-0.1, -0.05) is 44.0 Å². The fourth-order valence-electron chi connectivity index (χ4n) is 5.83. The number of hydrogen-bond acceptors (Lipinski definition) is 5. The molecule has 1 saturated heterocycles. The van der Waals surface area contributed by atoms with Crippen LogP contribution in [0.25, 0.3) is 32.9 Å². The Morgan fingerprint density at radius 3 is 2.79 bits per heavy atom. The van der Waals surface area contributed by atoms with Crippen LogP contribution in [0.15, 0.2) is 36.5 Å². The largest absolute Gasteiger partial charge is 0.463 e. The molecule has 4 aromatic rings. The zero-order valence-corrected chi connectivity index (χ0v) is 22.4. The molecule has 2 aromatic heterocycles. The van der Waals surface area contributed by atoms with Gasteiger partial charge in [-0.05, 0) is 56.4 Å². The summed E-state index contributed by atoms with van der Waals surface area (Å²) >= 11 is 0. The van der Waals surface area contributed by atoms with Gasteiger partial charge in [0, 0.05) is 41.2 Å². The molecule has 0 spiro atoms. The third-order valence-electron chi connectivity index (χ3n) is 8.50. The lowest BCUT2D eigenvalue weighted by molar-refractivity contribution is 0.214. The smallest absolute Gasteiger partial charge is 0.318 e. The number of halogens is 1. The quantitative estimate of drug-likeness (QED) is 0.261. The van der Waals surface area contributed by atoms with E-state index in [0.29, 0.717) is 23.9 Å². The topological polar surface area (TPSA) is 51.1 Å². The van der Waals surface area contributed by atoms with Crippen molar-refractivity contribution >= 4 is 27.5 Å². The highest BCUT2D eigenvalue weighted by Gasteiger charge is 2.41. The normalized spacial score (nSPS) is 18.5. The number of fused-ring (bicyclic) bond motifs is 2. The van der Waals surface area contributed by atoms with Crippen LogP contribution in [0.1, 0.15) is 57.1 Å². The van der Waals surface area contributed by atoms with E-state index in [4.69, 9.17) is 26.1 Å². The third-order valence-corrected chi connectivity index (χ3v) is 8.50. The number of hydrogen-bond donors (Lipinski definition) is 0. The summed E-state index contributed by atoms with van der Waals surface area (Å²) in [6.07, 6.45) is 13.4. The molecular weight excluding hydrogens is 475 g/mol. The van der Waals surface area contributed by atoms with Crippen molar-refractivity contribution in [3.05, 3.63) is 53.5 Å². The molecule has 1 saturated carbocycles. The Balaban J connectivity index is 1.53. The van der Waals surface area contributed by atoms with E-state index in [0.717, 1.165) is 64.9 Å². The Labute approximate surface area is 223 Å². The Morgan fingerprint density at radius 1 is 1.21 bits per heavy atom. The van der Waals surface area contributed by atoms with Gasteiger partial charge in [0.2, 0.25) is 0 Å². The molecule has 6 rings (SSSR count). The number of nitrogens with zero attached hydrogens (tertiary/aromatic N) is 4. The van der Waals surface area contributed by atoms with E-state index in [2.05, 4.69) is 24.7 Å². The van der Waals surface area contributed by atoms with Crippen molar-refractivity contribution in [3.63, 3.8) is 0 Å². The highest BCUT2D eigenvalue weighted by molar-refractivity contribution is 6.03. The van der Waals surface area contributed by atoms with Gasteiger partial charge in [0.25, 0.3) is 0 Å². The van der Waals surface area contributed by atoms with Gasteiger partial charge in [0.1, 0.15) is 11.6 Å². The number of benzene rings is 2. The molecule has 1 unspecified atom stereocenters. The second kappa shape index (κ2) is 9.54. The van der Waals surface area contributed by atoms with Crippen LogP contribution in [-0.2, 0) is 0 Å². The number of terminal acetylenes is 1. The minimum absolute atomic E-state index is 0.253. The lowest BCUT2D eigenvalue weighted by Gasteiger charge is -2.32. The number of aryl methyl sites for hydroxylation is 1. The van der Waals surface area contributed by atoms with Crippen LogP contribution in [0.3, 0.4) is 0 Å². The molecule has 1 aliphatic heterocycles. The molecular formula is C32H33FN4O. The number of pyridine rings is 1. The molecule has 2 aromatic carbocycles. The number of aromatic nitrogens is 3. The highest BCUT2D eigenvalue weighted by atomic mass is 19.1. The van der Waals surface area contributed by atoms with E-state index in [-0.39, 0.29) is 11.0 Å². The van der Waals surface area contributed by atoms with Crippen LogP contribution < -0.4 is 9.64 Å². The summed E-state index contributed by atoms with van der Waals surface area (Å²) in [6, 6.07) is 9.45. The van der Waals surface area contributed by atoms with Crippen LogP contribution in [0.5, 0.6) is 6.01 Å². The van der Waals surface area contributed by atoms with Gasteiger partial charge >= 0.3 is 6.01 Å². The van der Waals surface area contributed by atoms with Crippen molar-refractivity contribution in [1.29, 1.82) is 0 Å². The summed E-state index contributed by atoms with van der Waals surface area (Å²) in [5.74, 6) is 3.62. The van der Waals surface area contributed by atoms with Gasteiger partial charge in [0.05, 0.1) is 28.8 Å². The van der Waals surface area contributed by atoms with E-state index in [1.807, 2.05) is 31.3 Å². The molecule has 2 fully saturated rings. The van der Waals surface area contributed by atoms with Crippen LogP contribution in [0.4, 0.5) is 10.2 Å². The summed E-state index contributed by atoms with van der Waals surface area (Å²) in [7, 11) is 0. The molecule has 0 amide bonds. The molecule has 0 bridgehead atoms. The molecule has 0 N–H and O–H groups in total. The standard InChI is InChI=1S/C32H33FN4O/c1-5-23-26(33)13-12-22-10-7-11-24(27(22)23)28-21(4)29-25(17-34-28)30(37-16-8-9-20(3)18-37)36-31(35-29)38-19-32(6-2)14-15-32/h1,7,10-13,17,20H,6,8-9,14-16,18-19H2,2-4H3. The predicted molar refractivity (Wildman–Crippen MR) is 151 cm³/mol. The predicted octanol–water partition coefficient (Wildman–Crippen LogP) is 7.08. The molecule has 1 aliphatic carbocycles. The first-order valence-corrected chi connectivity index (χ1v) is 13.7. The minimum atomic E-state index is -0.407. The van der Waals surface area contributed by atoms with Crippen LogP contribution in [0, 0.1) is 36.4 Å². The van der Waals surface area contributed by atoms with Gasteiger partial charge in [-0.25, -0.2) is 4.39 Å². The summed E-state index contributed by atoms with van der Waals surface area (Å²) in [6.45, 7) is 9.05. The van der Waals surface area contributed by atoms with Crippen LogP contribution in [0.2, 0.25) is 0 Å². The second-order valence-electron chi connectivity index (χ2n) is 11.1. The van der Waals surface area contributed by atoms with Crippen molar-refractivity contribution in [1.82, 2.24) is 15.0 Å². The van der Waals surface area contributed by atoms with Gasteiger partial charge in [0.15, 0.2) is 0 Å². The number of piperidine rings is 1. The van der Waals surface area contributed by atoms with Crippen molar-refractivity contribution in [2.75, 3.05) is 24.6 Å². The molecule has 5 nitrogen and oxygen atoms in total. The van der Waals surface area contributed by atoms with E-state index < -0.39 is 5.82 Å². The van der Waals surface area contributed by atoms with Crippen molar-refractivity contribution < 1.29 is 9.13 Å². The maximum Gasteiger partial charge on any atom is 0.318 e. The average Bonchev–Trinajstić information content (AvgIpc) is 3.72. The molecule has 6 heteroatoms. The third kappa shape index (κ3) is 4.24. The lowest BCUT2D eigenvalue weighted by atomic mass is 9.94. The fourth-order valence-corrected chi connectivity index (χ4v) is 5.83. The Kier molecular flexibility index (Phi) is 6.18. The Hall–Kier alpha value is -3.72. The number of anilines is 1. The molecule has 38 heavy (non-hydrogen) atoms. The van der Waals surface area contributed by atoms with Crippen molar-refractivity contribution in [2.24, 2.45) is 11.3 Å². The minimum Gasteiger partial charge on any atom is -0.463 e. The SMILES string of the molecule is C#Cc1c(F)ccc2cccc(-c3ncc4c(N5CCCC(C)C5)nc(OCC5(CC)CC5)nc4c3C)c12. The van der Waals surface area contributed by atoms with E-state index in [1.54, 1.807) is 6.07 Å². The van der Waals surface area contributed by atoms with Crippen molar-refractivity contribution in [2.45, 2.75) is 52.9 Å². The van der Waals surface area contributed by atoms with Gasteiger partial charge < -0.3 is 9.64 Å². The summed E-state index contributed by atoms with van der Waals surface area (Å²) in [4.78, 5) is 17.1. The Bertz CT molecular complexity index is 1590. The number of ether oxygens (including phenoxy) is 1. The molecule has 3 heterocycles.